The summed E-state index contributed by atoms with van der Waals surface area (Å²) in [5.41, 5.74) is -0.702. The average molecular weight is 303 g/mol. The lowest BCUT2D eigenvalue weighted by Gasteiger charge is -2.11. The summed E-state index contributed by atoms with van der Waals surface area (Å²) in [5.74, 6) is -3.17. The summed E-state index contributed by atoms with van der Waals surface area (Å²) in [7, 11) is 0. The van der Waals surface area contributed by atoms with E-state index in [0.29, 0.717) is 6.54 Å². The Morgan fingerprint density at radius 1 is 1.10 bits per heavy atom. The Balaban J connectivity index is 2.62. The molecule has 0 amide bonds. The van der Waals surface area contributed by atoms with Crippen molar-refractivity contribution < 1.29 is 22.0 Å². The van der Waals surface area contributed by atoms with Crippen LogP contribution >= 0.6 is 0 Å². The number of rotatable bonds is 3. The fourth-order valence-corrected chi connectivity index (χ4v) is 1.68. The van der Waals surface area contributed by atoms with E-state index in [0.717, 1.165) is 24.3 Å². The predicted molar refractivity (Wildman–Crippen MR) is 66.5 cm³/mol. The molecule has 2 aromatic rings. The van der Waals surface area contributed by atoms with E-state index in [4.69, 9.17) is 0 Å². The van der Waals surface area contributed by atoms with Gasteiger partial charge >= 0.3 is 6.18 Å². The second-order valence-corrected chi connectivity index (χ2v) is 4.11. The van der Waals surface area contributed by atoms with Crippen LogP contribution in [0.15, 0.2) is 24.3 Å². The highest BCUT2D eigenvalue weighted by Gasteiger charge is 2.35. The lowest BCUT2D eigenvalue weighted by molar-refractivity contribution is -0.144. The van der Waals surface area contributed by atoms with Gasteiger partial charge in [0.1, 0.15) is 17.5 Å². The minimum Gasteiger partial charge on any atom is -0.370 e. The van der Waals surface area contributed by atoms with E-state index < -0.39 is 23.6 Å². The highest BCUT2D eigenvalue weighted by Crippen LogP contribution is 2.30. The molecule has 0 radical (unpaired) electrons. The van der Waals surface area contributed by atoms with Gasteiger partial charge in [-0.25, -0.2) is 18.7 Å². The lowest BCUT2D eigenvalue weighted by Crippen LogP contribution is -2.14. The first-order valence-electron chi connectivity index (χ1n) is 5.97. The molecule has 0 atom stereocenters. The predicted octanol–water partition coefficient (Wildman–Crippen LogP) is 3.87. The van der Waals surface area contributed by atoms with E-state index in [1.54, 1.807) is 6.92 Å². The summed E-state index contributed by atoms with van der Waals surface area (Å²) in [6, 6.07) is 3.62. The molecule has 0 fully saturated rings. The summed E-state index contributed by atoms with van der Waals surface area (Å²) in [6.07, 6.45) is -4.79. The van der Waals surface area contributed by atoms with Gasteiger partial charge in [-0.15, -0.1) is 0 Å². The van der Waals surface area contributed by atoms with Gasteiger partial charge in [-0.3, -0.25) is 0 Å². The molecule has 0 aliphatic carbocycles. The van der Waals surface area contributed by atoms with Crippen molar-refractivity contribution in [3.63, 3.8) is 0 Å². The molecule has 0 saturated carbocycles. The summed E-state index contributed by atoms with van der Waals surface area (Å²) in [6.45, 7) is 1.98. The molecule has 1 heterocycles. The Morgan fingerprint density at radius 2 is 1.81 bits per heavy atom. The first-order chi connectivity index (χ1) is 9.81. The van der Waals surface area contributed by atoms with Crippen molar-refractivity contribution in [2.75, 3.05) is 11.9 Å². The number of nitrogens with one attached hydrogen (secondary N) is 1. The van der Waals surface area contributed by atoms with Crippen LogP contribution in [0, 0.1) is 11.6 Å². The van der Waals surface area contributed by atoms with Crippen molar-refractivity contribution in [1.82, 2.24) is 9.97 Å². The van der Waals surface area contributed by atoms with Gasteiger partial charge < -0.3 is 5.32 Å². The maximum atomic E-state index is 13.7. The maximum absolute atomic E-state index is 13.7. The molecule has 3 nitrogen and oxygen atoms in total. The molecule has 8 heteroatoms. The molecule has 0 bridgehead atoms. The zero-order valence-electron chi connectivity index (χ0n) is 10.8. The number of benzene rings is 1. The molecule has 0 aliphatic rings. The van der Waals surface area contributed by atoms with Crippen LogP contribution in [0.3, 0.4) is 0 Å². The van der Waals surface area contributed by atoms with Crippen LogP contribution in [-0.2, 0) is 6.18 Å². The van der Waals surface area contributed by atoms with Crippen LogP contribution in [0.25, 0.3) is 11.3 Å². The van der Waals surface area contributed by atoms with Gasteiger partial charge in [-0.1, -0.05) is 0 Å². The van der Waals surface area contributed by atoms with Gasteiger partial charge in [0.15, 0.2) is 0 Å². The van der Waals surface area contributed by atoms with Crippen molar-refractivity contribution in [2.45, 2.75) is 13.1 Å². The Kier molecular flexibility index (Phi) is 4.06. The van der Waals surface area contributed by atoms with Crippen molar-refractivity contribution in [1.29, 1.82) is 0 Å². The van der Waals surface area contributed by atoms with Crippen molar-refractivity contribution in [3.8, 4) is 11.3 Å². The fraction of sp³-hybridized carbons (Fsp3) is 0.231. The summed E-state index contributed by atoms with van der Waals surface area (Å²) in [5, 5.41) is 2.60. The van der Waals surface area contributed by atoms with Gasteiger partial charge in [0, 0.05) is 18.2 Å². The second kappa shape index (κ2) is 5.63. The molecule has 0 saturated heterocycles. The number of anilines is 1. The number of hydrogen-bond acceptors (Lipinski definition) is 3. The minimum absolute atomic E-state index is 0.113. The van der Waals surface area contributed by atoms with Gasteiger partial charge in [-0.2, -0.15) is 13.2 Å². The number of alkyl halides is 3. The van der Waals surface area contributed by atoms with Crippen LogP contribution in [-0.4, -0.2) is 16.5 Å². The number of aromatic nitrogens is 2. The molecule has 0 unspecified atom stereocenters. The molecule has 0 spiro atoms. The first kappa shape index (κ1) is 15.1. The number of hydrogen-bond donors (Lipinski definition) is 1. The minimum atomic E-state index is -4.79. The zero-order valence-corrected chi connectivity index (χ0v) is 10.8. The average Bonchev–Trinajstić information content (AvgIpc) is 2.40. The van der Waals surface area contributed by atoms with Gasteiger partial charge in [0.25, 0.3) is 0 Å². The topological polar surface area (TPSA) is 37.8 Å². The first-order valence-corrected chi connectivity index (χ1v) is 5.97. The van der Waals surface area contributed by atoms with Gasteiger partial charge in [0.05, 0.1) is 5.69 Å². The van der Waals surface area contributed by atoms with Crippen LogP contribution in [0.5, 0.6) is 0 Å². The largest absolute Gasteiger partial charge is 0.451 e. The van der Waals surface area contributed by atoms with Gasteiger partial charge in [-0.05, 0) is 25.1 Å². The Bertz CT molecular complexity index is 655. The van der Waals surface area contributed by atoms with E-state index in [-0.39, 0.29) is 17.1 Å². The van der Waals surface area contributed by atoms with Crippen LogP contribution in [0.1, 0.15) is 12.7 Å². The second-order valence-electron chi connectivity index (χ2n) is 4.11. The molecule has 1 aromatic carbocycles. The van der Waals surface area contributed by atoms with Crippen molar-refractivity contribution >= 4 is 5.82 Å². The summed E-state index contributed by atoms with van der Waals surface area (Å²) < 4.78 is 65.1. The van der Waals surface area contributed by atoms with E-state index >= 15 is 0 Å². The molecular weight excluding hydrogens is 293 g/mol. The third-order valence-electron chi connectivity index (χ3n) is 2.54. The third-order valence-corrected chi connectivity index (χ3v) is 2.54. The van der Waals surface area contributed by atoms with E-state index in [1.165, 1.54) is 0 Å². The van der Waals surface area contributed by atoms with Gasteiger partial charge in [0.2, 0.25) is 5.82 Å². The highest BCUT2D eigenvalue weighted by molar-refractivity contribution is 5.63. The van der Waals surface area contributed by atoms with E-state index in [2.05, 4.69) is 15.3 Å². The molecular formula is C13H10F5N3. The van der Waals surface area contributed by atoms with Crippen LogP contribution in [0.2, 0.25) is 0 Å². The van der Waals surface area contributed by atoms with E-state index in [9.17, 15) is 22.0 Å². The van der Waals surface area contributed by atoms with Crippen LogP contribution < -0.4 is 5.32 Å². The fourth-order valence-electron chi connectivity index (χ4n) is 1.68. The monoisotopic (exact) mass is 303 g/mol. The zero-order chi connectivity index (χ0) is 15.6. The maximum Gasteiger partial charge on any atom is 0.451 e. The molecule has 112 valence electrons. The smallest absolute Gasteiger partial charge is 0.370 e. The number of halogens is 5. The normalized spacial score (nSPS) is 11.5. The molecule has 1 N–H and O–H groups in total. The molecule has 21 heavy (non-hydrogen) atoms. The Morgan fingerprint density at radius 3 is 2.43 bits per heavy atom. The third kappa shape index (κ3) is 3.45. The number of nitrogens with zero attached hydrogens (tertiary/aromatic N) is 2. The Labute approximate surface area is 116 Å². The SMILES string of the molecule is CCNc1cc(-c2cc(F)ccc2F)nc(C(F)(F)F)n1. The molecule has 1 aromatic heterocycles. The van der Waals surface area contributed by atoms with E-state index in [1.807, 2.05) is 0 Å². The Hall–Kier alpha value is -2.25. The summed E-state index contributed by atoms with van der Waals surface area (Å²) in [4.78, 5) is 6.58. The van der Waals surface area contributed by atoms with Crippen molar-refractivity contribution in [2.24, 2.45) is 0 Å². The lowest BCUT2D eigenvalue weighted by atomic mass is 10.1. The van der Waals surface area contributed by atoms with Crippen LogP contribution in [0.4, 0.5) is 27.8 Å². The molecule has 2 rings (SSSR count). The van der Waals surface area contributed by atoms with Crippen molar-refractivity contribution in [3.05, 3.63) is 41.7 Å². The molecule has 0 aliphatic heterocycles. The summed E-state index contributed by atoms with van der Waals surface area (Å²) >= 11 is 0. The standard InChI is InChI=1S/C13H10F5N3/c1-2-19-11-6-10(20-12(21-11)13(16,17)18)8-5-7(14)3-4-9(8)15/h3-6H,2H2,1H3,(H,19,20,21). The highest BCUT2D eigenvalue weighted by atomic mass is 19.4. The quantitative estimate of drug-likeness (QED) is 0.875.